The minimum absolute atomic E-state index is 0.173. The molecule has 0 aliphatic carbocycles. The molecule has 0 aliphatic heterocycles. The van der Waals surface area contributed by atoms with E-state index < -0.39 is 34.2 Å². The number of sulfonamides is 1. The lowest BCUT2D eigenvalue weighted by atomic mass is 10.2. The number of rotatable bonds is 11. The molecule has 0 radical (unpaired) electrons. The Kier molecular flexibility index (Phi) is 10.6. The molecule has 0 saturated heterocycles. The Hall–Kier alpha value is -4.07. The zero-order valence-corrected chi connectivity index (χ0v) is 26.0. The monoisotopic (exact) mass is 709 g/mol. The summed E-state index contributed by atoms with van der Waals surface area (Å²) in [6.07, 6.45) is -3.45. The fraction of sp³-hybridized carbons (Fsp3) is 0.133. The van der Waals surface area contributed by atoms with E-state index in [1.54, 1.807) is 30.3 Å². The summed E-state index contributed by atoms with van der Waals surface area (Å²) in [4.78, 5) is 12.6. The van der Waals surface area contributed by atoms with Crippen molar-refractivity contribution >= 4 is 55.4 Å². The van der Waals surface area contributed by atoms with Crippen LogP contribution in [0.25, 0.3) is 0 Å². The topological polar surface area (TPSA) is 97.3 Å². The summed E-state index contributed by atoms with van der Waals surface area (Å²) < 4.78 is 79.5. The predicted molar refractivity (Wildman–Crippen MR) is 165 cm³/mol. The Labute approximate surface area is 265 Å². The second-order valence-electron chi connectivity index (χ2n) is 9.08. The van der Waals surface area contributed by atoms with Crippen LogP contribution in [0.1, 0.15) is 16.7 Å². The molecule has 230 valence electrons. The normalized spacial score (nSPS) is 11.8. The highest BCUT2D eigenvalue weighted by molar-refractivity contribution is 9.10. The highest BCUT2D eigenvalue weighted by Crippen LogP contribution is 2.37. The number of alkyl halides is 3. The molecule has 0 aliphatic rings. The lowest BCUT2D eigenvalue weighted by molar-refractivity contribution is -0.137. The quantitative estimate of drug-likeness (QED) is 0.133. The number of amides is 1. The number of hydrazone groups is 1. The van der Waals surface area contributed by atoms with Crippen LogP contribution in [-0.4, -0.2) is 34.2 Å². The number of ether oxygens (including phenoxy) is 2. The molecule has 0 saturated carbocycles. The number of carbonyl (C=O) groups is 1. The molecule has 4 aromatic rings. The molecular weight excluding hydrogens is 687 g/mol. The van der Waals surface area contributed by atoms with Gasteiger partial charge in [-0.3, -0.25) is 9.10 Å². The van der Waals surface area contributed by atoms with Crippen LogP contribution in [0.5, 0.6) is 11.5 Å². The number of benzene rings is 4. The van der Waals surface area contributed by atoms with E-state index in [0.29, 0.717) is 36.9 Å². The van der Waals surface area contributed by atoms with Crippen molar-refractivity contribution in [1.29, 1.82) is 0 Å². The second kappa shape index (κ2) is 14.1. The first kappa shape index (κ1) is 32.8. The molecule has 1 N–H and O–H groups in total. The first-order chi connectivity index (χ1) is 20.9. The number of halogens is 5. The Morgan fingerprint density at radius 3 is 2.41 bits per heavy atom. The number of hydrogen-bond acceptors (Lipinski definition) is 6. The van der Waals surface area contributed by atoms with Gasteiger partial charge >= 0.3 is 6.18 Å². The van der Waals surface area contributed by atoms with Gasteiger partial charge in [0.1, 0.15) is 13.2 Å². The standard InChI is InChI=1S/C30H24BrClF3N3O5S/c1-42-27-15-20(14-25(31)29(27)43-19-21-8-5-6-13-26(21)32)17-36-37-28(39)18-38(44(40,41)24-11-3-2-4-12-24)23-10-7-9-22(16-23)30(33,34)35/h2-17H,18-19H2,1H3,(H,37,39)/b36-17-. The lowest BCUT2D eigenvalue weighted by Gasteiger charge is -2.24. The molecule has 0 atom stereocenters. The molecule has 0 aromatic heterocycles. The zero-order valence-electron chi connectivity index (χ0n) is 22.9. The number of carbonyl (C=O) groups excluding carboxylic acids is 1. The van der Waals surface area contributed by atoms with E-state index >= 15 is 0 Å². The van der Waals surface area contributed by atoms with Crippen LogP contribution in [-0.2, 0) is 27.6 Å². The Morgan fingerprint density at radius 1 is 1.02 bits per heavy atom. The van der Waals surface area contributed by atoms with Crippen LogP contribution in [0.2, 0.25) is 5.02 Å². The molecular formula is C30H24BrClF3N3O5S. The van der Waals surface area contributed by atoms with Gasteiger partial charge in [-0.1, -0.05) is 54.1 Å². The zero-order chi connectivity index (χ0) is 31.9. The number of methoxy groups -OCH3 is 1. The van der Waals surface area contributed by atoms with Crippen molar-refractivity contribution in [3.63, 3.8) is 0 Å². The van der Waals surface area contributed by atoms with Crippen molar-refractivity contribution < 1.29 is 35.9 Å². The SMILES string of the molecule is COc1cc(/C=N\NC(=O)CN(c2cccc(C(F)(F)F)c2)S(=O)(=O)c2ccccc2)cc(Br)c1OCc1ccccc1Cl. The fourth-order valence-corrected chi connectivity index (χ4v) is 6.13. The average molecular weight is 711 g/mol. The van der Waals surface area contributed by atoms with Crippen molar-refractivity contribution in [1.82, 2.24) is 5.43 Å². The van der Waals surface area contributed by atoms with Gasteiger partial charge in [-0.25, -0.2) is 13.8 Å². The van der Waals surface area contributed by atoms with Gasteiger partial charge in [0, 0.05) is 10.6 Å². The first-order valence-electron chi connectivity index (χ1n) is 12.7. The van der Waals surface area contributed by atoms with Crippen LogP contribution in [0.3, 0.4) is 0 Å². The van der Waals surface area contributed by atoms with Gasteiger partial charge in [-0.05, 0) is 70.0 Å². The number of nitrogens with zero attached hydrogens (tertiary/aromatic N) is 2. The third-order valence-corrected chi connectivity index (χ3v) is 8.81. The number of anilines is 1. The van der Waals surface area contributed by atoms with Gasteiger partial charge in [-0.2, -0.15) is 18.3 Å². The molecule has 0 spiro atoms. The van der Waals surface area contributed by atoms with E-state index in [-0.39, 0.29) is 17.2 Å². The maximum atomic E-state index is 13.4. The van der Waals surface area contributed by atoms with Gasteiger partial charge in [0.05, 0.1) is 33.9 Å². The molecule has 4 aromatic carbocycles. The van der Waals surface area contributed by atoms with E-state index in [1.807, 2.05) is 12.1 Å². The Bertz CT molecular complexity index is 1770. The molecule has 1 amide bonds. The molecule has 0 bridgehead atoms. The maximum Gasteiger partial charge on any atom is 0.416 e. The molecule has 0 fully saturated rings. The smallest absolute Gasteiger partial charge is 0.416 e. The van der Waals surface area contributed by atoms with E-state index in [4.69, 9.17) is 21.1 Å². The maximum absolute atomic E-state index is 13.4. The van der Waals surface area contributed by atoms with Crippen molar-refractivity contribution in [3.8, 4) is 11.5 Å². The van der Waals surface area contributed by atoms with Crippen LogP contribution >= 0.6 is 27.5 Å². The van der Waals surface area contributed by atoms with E-state index in [9.17, 15) is 26.4 Å². The Morgan fingerprint density at radius 2 is 1.73 bits per heavy atom. The van der Waals surface area contributed by atoms with Crippen molar-refractivity contribution in [2.24, 2.45) is 5.10 Å². The van der Waals surface area contributed by atoms with Gasteiger partial charge in [0.25, 0.3) is 15.9 Å². The van der Waals surface area contributed by atoms with Gasteiger partial charge in [-0.15, -0.1) is 0 Å². The van der Waals surface area contributed by atoms with Gasteiger partial charge < -0.3 is 9.47 Å². The van der Waals surface area contributed by atoms with Crippen molar-refractivity contribution in [3.05, 3.63) is 117 Å². The summed E-state index contributed by atoms with van der Waals surface area (Å²) in [5, 5.41) is 4.44. The lowest BCUT2D eigenvalue weighted by Crippen LogP contribution is -2.39. The van der Waals surface area contributed by atoms with Gasteiger partial charge in [0.15, 0.2) is 11.5 Å². The van der Waals surface area contributed by atoms with Crippen LogP contribution < -0.4 is 19.2 Å². The summed E-state index contributed by atoms with van der Waals surface area (Å²) >= 11 is 9.64. The fourth-order valence-electron chi connectivity index (χ4n) is 3.94. The minimum atomic E-state index is -4.73. The molecule has 0 unspecified atom stereocenters. The van der Waals surface area contributed by atoms with Gasteiger partial charge in [0.2, 0.25) is 0 Å². The minimum Gasteiger partial charge on any atom is -0.493 e. The molecule has 14 heteroatoms. The summed E-state index contributed by atoms with van der Waals surface area (Å²) in [5.74, 6) is -0.149. The van der Waals surface area contributed by atoms with Crippen molar-refractivity contribution in [2.45, 2.75) is 17.7 Å². The first-order valence-corrected chi connectivity index (χ1v) is 15.3. The summed E-state index contributed by atoms with van der Waals surface area (Å²) in [6, 6.07) is 21.2. The Balaban J connectivity index is 1.52. The van der Waals surface area contributed by atoms with Crippen molar-refractivity contribution in [2.75, 3.05) is 18.0 Å². The number of hydrogen-bond donors (Lipinski definition) is 1. The van der Waals surface area contributed by atoms with E-state index in [2.05, 4.69) is 26.5 Å². The second-order valence-corrected chi connectivity index (χ2v) is 12.2. The molecule has 44 heavy (non-hydrogen) atoms. The summed E-state index contributed by atoms with van der Waals surface area (Å²) in [7, 11) is -2.98. The number of nitrogens with one attached hydrogen (secondary N) is 1. The molecule has 4 rings (SSSR count). The van der Waals surface area contributed by atoms with E-state index in [0.717, 1.165) is 17.7 Å². The van der Waals surface area contributed by atoms with Crippen LogP contribution in [0.4, 0.5) is 18.9 Å². The highest BCUT2D eigenvalue weighted by atomic mass is 79.9. The molecule has 0 heterocycles. The third-order valence-electron chi connectivity index (χ3n) is 6.06. The van der Waals surface area contributed by atoms with Crippen LogP contribution in [0.15, 0.2) is 105 Å². The molecule has 8 nitrogen and oxygen atoms in total. The highest BCUT2D eigenvalue weighted by Gasteiger charge is 2.33. The third kappa shape index (κ3) is 8.10. The average Bonchev–Trinajstić information content (AvgIpc) is 3.00. The largest absolute Gasteiger partial charge is 0.493 e. The predicted octanol–water partition coefficient (Wildman–Crippen LogP) is 7.05. The summed E-state index contributed by atoms with van der Waals surface area (Å²) in [5.41, 5.74) is 2.06. The van der Waals surface area contributed by atoms with E-state index in [1.165, 1.54) is 43.7 Å². The van der Waals surface area contributed by atoms with Crippen LogP contribution in [0, 0.1) is 0 Å². The summed E-state index contributed by atoms with van der Waals surface area (Å²) in [6.45, 7) is -0.676.